The first kappa shape index (κ1) is 20.5. The molecule has 0 fully saturated rings. The Kier molecular flexibility index (Phi) is 5.87. The molecule has 0 aliphatic heterocycles. The third-order valence-electron chi connectivity index (χ3n) is 4.58. The molecule has 0 bridgehead atoms. The molecule has 0 spiro atoms. The van der Waals surface area contributed by atoms with Gasteiger partial charge in [0.25, 0.3) is 5.91 Å². The average molecular weight is 533 g/mol. The number of benzene rings is 1. The Balaban J connectivity index is 1.43. The third-order valence-corrected chi connectivity index (χ3v) is 6.13. The fraction of sp³-hybridized carbons (Fsp3) is 0.200. The molecular weight excluding hydrogens is 514 g/mol. The van der Waals surface area contributed by atoms with Crippen LogP contribution in [-0.2, 0) is 13.2 Å². The molecule has 1 amide bonds. The number of amides is 1. The summed E-state index contributed by atoms with van der Waals surface area (Å²) in [6.45, 7) is 4.97. The Morgan fingerprint density at radius 1 is 1.13 bits per heavy atom. The summed E-state index contributed by atoms with van der Waals surface area (Å²) >= 11 is 6.91. The van der Waals surface area contributed by atoms with E-state index >= 15 is 0 Å². The van der Waals surface area contributed by atoms with E-state index < -0.39 is 0 Å². The van der Waals surface area contributed by atoms with Gasteiger partial charge >= 0.3 is 0 Å². The van der Waals surface area contributed by atoms with Gasteiger partial charge in [-0.25, -0.2) is 4.68 Å². The van der Waals surface area contributed by atoms with E-state index in [-0.39, 0.29) is 5.91 Å². The van der Waals surface area contributed by atoms with Crippen molar-refractivity contribution in [3.05, 3.63) is 80.5 Å². The lowest BCUT2D eigenvalue weighted by Crippen LogP contribution is -2.16. The summed E-state index contributed by atoms with van der Waals surface area (Å²) in [5, 5.41) is 16.0. The minimum Gasteiger partial charge on any atom is -0.321 e. The number of carbonyl (C=O) groups excluding carboxylic acids is 1. The first-order valence-electron chi connectivity index (χ1n) is 9.20. The molecule has 10 heteroatoms. The van der Waals surface area contributed by atoms with Crippen molar-refractivity contribution < 1.29 is 4.79 Å². The number of nitrogens with zero attached hydrogens (tertiary/aromatic N) is 6. The molecule has 0 saturated carbocycles. The normalized spacial score (nSPS) is 11.1. The van der Waals surface area contributed by atoms with Gasteiger partial charge < -0.3 is 5.32 Å². The van der Waals surface area contributed by atoms with Crippen LogP contribution in [0.15, 0.2) is 57.9 Å². The molecule has 4 rings (SSSR count). The summed E-state index contributed by atoms with van der Waals surface area (Å²) in [6.07, 6.45) is 5.41. The van der Waals surface area contributed by atoms with Crippen molar-refractivity contribution in [2.45, 2.75) is 27.1 Å². The zero-order valence-electron chi connectivity index (χ0n) is 16.4. The van der Waals surface area contributed by atoms with Gasteiger partial charge in [-0.05, 0) is 69.5 Å². The van der Waals surface area contributed by atoms with Crippen molar-refractivity contribution in [2.75, 3.05) is 5.32 Å². The van der Waals surface area contributed by atoms with Crippen LogP contribution in [0.5, 0.6) is 0 Å². The summed E-state index contributed by atoms with van der Waals surface area (Å²) in [4.78, 5) is 12.6. The third kappa shape index (κ3) is 4.54. The fourth-order valence-corrected chi connectivity index (χ4v) is 3.68. The second kappa shape index (κ2) is 8.57. The van der Waals surface area contributed by atoms with E-state index in [0.29, 0.717) is 24.6 Å². The predicted molar refractivity (Wildman–Crippen MR) is 120 cm³/mol. The summed E-state index contributed by atoms with van der Waals surface area (Å²) in [5.74, 6) is -0.262. The average Bonchev–Trinajstić information content (AvgIpc) is 3.40. The highest BCUT2D eigenvalue weighted by molar-refractivity contribution is 9.10. The molecule has 0 saturated heterocycles. The minimum absolute atomic E-state index is 0.262. The largest absolute Gasteiger partial charge is 0.321 e. The van der Waals surface area contributed by atoms with Gasteiger partial charge in [0.15, 0.2) is 5.69 Å². The number of aryl methyl sites for hydroxylation is 1. The number of aromatic nitrogens is 6. The van der Waals surface area contributed by atoms with Crippen LogP contribution >= 0.6 is 31.9 Å². The van der Waals surface area contributed by atoms with Gasteiger partial charge in [-0.2, -0.15) is 15.3 Å². The highest BCUT2D eigenvalue weighted by atomic mass is 79.9. The monoisotopic (exact) mass is 531 g/mol. The standard InChI is InChI=1S/C20H19Br2N7O/c1-13-19(22)14(2)29(25-13)12-27-7-6-18(26-27)20(30)24-17-5-3-4-15(8-17)10-28-11-16(21)9-23-28/h3-9,11H,10,12H2,1-2H3,(H,24,30). The van der Waals surface area contributed by atoms with Crippen molar-refractivity contribution >= 4 is 43.5 Å². The van der Waals surface area contributed by atoms with Gasteiger partial charge in [-0.1, -0.05) is 12.1 Å². The molecule has 1 aromatic carbocycles. The van der Waals surface area contributed by atoms with Crippen molar-refractivity contribution in [2.24, 2.45) is 0 Å². The first-order chi connectivity index (χ1) is 14.4. The fourth-order valence-electron chi connectivity index (χ4n) is 3.07. The van der Waals surface area contributed by atoms with Crippen LogP contribution in [0, 0.1) is 13.8 Å². The van der Waals surface area contributed by atoms with Crippen LogP contribution < -0.4 is 5.32 Å². The molecule has 3 aromatic heterocycles. The maximum atomic E-state index is 12.6. The molecule has 30 heavy (non-hydrogen) atoms. The Hall–Kier alpha value is -2.72. The van der Waals surface area contributed by atoms with Crippen LogP contribution in [-0.4, -0.2) is 35.2 Å². The van der Waals surface area contributed by atoms with E-state index in [0.717, 1.165) is 25.9 Å². The van der Waals surface area contributed by atoms with Crippen LogP contribution in [0.1, 0.15) is 27.4 Å². The summed E-state index contributed by atoms with van der Waals surface area (Å²) < 4.78 is 7.26. The van der Waals surface area contributed by atoms with Crippen LogP contribution in [0.2, 0.25) is 0 Å². The lowest BCUT2D eigenvalue weighted by molar-refractivity contribution is 0.102. The van der Waals surface area contributed by atoms with Crippen LogP contribution in [0.3, 0.4) is 0 Å². The Morgan fingerprint density at radius 2 is 1.97 bits per heavy atom. The van der Waals surface area contributed by atoms with Crippen LogP contribution in [0.25, 0.3) is 0 Å². The van der Waals surface area contributed by atoms with Gasteiger partial charge in [-0.15, -0.1) is 0 Å². The van der Waals surface area contributed by atoms with E-state index in [1.165, 1.54) is 0 Å². The molecule has 0 unspecified atom stereocenters. The van der Waals surface area contributed by atoms with Gasteiger partial charge in [0, 0.05) is 18.1 Å². The zero-order chi connectivity index (χ0) is 21.3. The van der Waals surface area contributed by atoms with E-state index in [4.69, 9.17) is 0 Å². The molecule has 0 radical (unpaired) electrons. The molecule has 154 valence electrons. The van der Waals surface area contributed by atoms with E-state index in [9.17, 15) is 4.79 Å². The Labute approximate surface area is 190 Å². The molecule has 0 atom stereocenters. The number of hydrogen-bond acceptors (Lipinski definition) is 4. The SMILES string of the molecule is Cc1nn(Cn2ccc(C(=O)Nc3cccc(Cn4cc(Br)cn4)c3)n2)c(C)c1Br. The van der Waals surface area contributed by atoms with Crippen molar-refractivity contribution in [1.82, 2.24) is 29.3 Å². The summed E-state index contributed by atoms with van der Waals surface area (Å²) in [6, 6.07) is 9.37. The molecule has 8 nitrogen and oxygen atoms in total. The molecule has 1 N–H and O–H groups in total. The number of rotatable bonds is 6. The molecule has 3 heterocycles. The number of nitrogens with one attached hydrogen (secondary N) is 1. The van der Waals surface area contributed by atoms with Crippen molar-refractivity contribution in [3.63, 3.8) is 0 Å². The number of halogens is 2. The highest BCUT2D eigenvalue weighted by Gasteiger charge is 2.13. The maximum Gasteiger partial charge on any atom is 0.276 e. The zero-order valence-corrected chi connectivity index (χ0v) is 19.6. The number of anilines is 1. The topological polar surface area (TPSA) is 82.6 Å². The lowest BCUT2D eigenvalue weighted by Gasteiger charge is -2.07. The first-order valence-corrected chi connectivity index (χ1v) is 10.8. The minimum atomic E-state index is -0.262. The molecule has 4 aromatic rings. The van der Waals surface area contributed by atoms with E-state index in [1.54, 1.807) is 23.1 Å². The smallest absolute Gasteiger partial charge is 0.276 e. The van der Waals surface area contributed by atoms with E-state index in [1.807, 2.05) is 53.7 Å². The van der Waals surface area contributed by atoms with Crippen molar-refractivity contribution in [3.8, 4) is 0 Å². The van der Waals surface area contributed by atoms with E-state index in [2.05, 4.69) is 52.5 Å². The number of carbonyl (C=O) groups is 1. The predicted octanol–water partition coefficient (Wildman–Crippen LogP) is 4.22. The van der Waals surface area contributed by atoms with Gasteiger partial charge in [-0.3, -0.25) is 14.2 Å². The van der Waals surface area contributed by atoms with Crippen LogP contribution in [0.4, 0.5) is 5.69 Å². The maximum absolute atomic E-state index is 12.6. The molecule has 0 aliphatic rings. The Morgan fingerprint density at radius 3 is 2.67 bits per heavy atom. The number of hydrogen-bond donors (Lipinski definition) is 1. The summed E-state index contributed by atoms with van der Waals surface area (Å²) in [7, 11) is 0. The molecule has 0 aliphatic carbocycles. The lowest BCUT2D eigenvalue weighted by atomic mass is 10.2. The Bertz CT molecular complexity index is 1210. The molecular formula is C20H19Br2N7O. The summed E-state index contributed by atoms with van der Waals surface area (Å²) in [5.41, 5.74) is 4.01. The van der Waals surface area contributed by atoms with Gasteiger partial charge in [0.1, 0.15) is 6.67 Å². The quantitative estimate of drug-likeness (QED) is 0.403. The second-order valence-corrected chi connectivity index (χ2v) is 8.59. The van der Waals surface area contributed by atoms with Gasteiger partial charge in [0.05, 0.1) is 33.1 Å². The second-order valence-electron chi connectivity index (χ2n) is 6.88. The highest BCUT2D eigenvalue weighted by Crippen LogP contribution is 2.20. The van der Waals surface area contributed by atoms with Crippen molar-refractivity contribution in [1.29, 1.82) is 0 Å². The van der Waals surface area contributed by atoms with Gasteiger partial charge in [0.2, 0.25) is 0 Å².